The third-order valence-corrected chi connectivity index (χ3v) is 5.72. The van der Waals surface area contributed by atoms with Crippen LogP contribution in [0.5, 0.6) is 0 Å². The van der Waals surface area contributed by atoms with Crippen molar-refractivity contribution in [3.8, 4) is 0 Å². The smallest absolute Gasteiger partial charge is 0.188 e. The van der Waals surface area contributed by atoms with Crippen LogP contribution in [0.1, 0.15) is 19.3 Å². The van der Waals surface area contributed by atoms with Crippen molar-refractivity contribution in [1.82, 2.24) is 15.3 Å². The first kappa shape index (κ1) is 15.0. The minimum Gasteiger partial charge on any atom is -0.385 e. The van der Waals surface area contributed by atoms with Gasteiger partial charge >= 0.3 is 0 Å². The third kappa shape index (κ3) is 2.95. The van der Waals surface area contributed by atoms with E-state index in [9.17, 15) is 0 Å². The summed E-state index contributed by atoms with van der Waals surface area (Å²) in [5, 5.41) is 7.82. The highest BCUT2D eigenvalue weighted by molar-refractivity contribution is 7.22. The highest BCUT2D eigenvalue weighted by Gasteiger charge is 2.20. The van der Waals surface area contributed by atoms with Gasteiger partial charge in [-0.3, -0.25) is 0 Å². The number of fused-ring (bicyclic) bond motifs is 1. The molecule has 4 heterocycles. The minimum atomic E-state index is 0.892. The Hall–Kier alpha value is -1.60. The quantitative estimate of drug-likeness (QED) is 0.898. The molecule has 0 saturated carbocycles. The molecule has 0 atom stereocenters. The number of aromatic nitrogens is 2. The van der Waals surface area contributed by atoms with Crippen LogP contribution in [0.3, 0.4) is 0 Å². The van der Waals surface area contributed by atoms with Crippen LogP contribution < -0.4 is 20.4 Å². The van der Waals surface area contributed by atoms with Gasteiger partial charge in [-0.25, -0.2) is 4.98 Å². The van der Waals surface area contributed by atoms with Gasteiger partial charge in [0.1, 0.15) is 0 Å². The van der Waals surface area contributed by atoms with Gasteiger partial charge in [-0.2, -0.15) is 4.98 Å². The van der Waals surface area contributed by atoms with Gasteiger partial charge in [0.05, 0.1) is 10.4 Å². The van der Waals surface area contributed by atoms with E-state index >= 15 is 0 Å². The second kappa shape index (κ2) is 6.49. The molecule has 2 fully saturated rings. The van der Waals surface area contributed by atoms with Crippen molar-refractivity contribution in [2.75, 3.05) is 61.4 Å². The summed E-state index contributed by atoms with van der Waals surface area (Å²) in [5.74, 6) is 1.07. The summed E-state index contributed by atoms with van der Waals surface area (Å²) in [6, 6.07) is 2.22. The van der Waals surface area contributed by atoms with Gasteiger partial charge in [0.2, 0.25) is 0 Å². The maximum atomic E-state index is 4.91. The molecule has 0 aromatic carbocycles. The predicted molar refractivity (Wildman–Crippen MR) is 98.1 cm³/mol. The normalized spacial score (nSPS) is 19.3. The van der Waals surface area contributed by atoms with Crippen molar-refractivity contribution >= 4 is 38.3 Å². The van der Waals surface area contributed by atoms with E-state index in [1.807, 2.05) is 7.05 Å². The second-order valence-electron chi connectivity index (χ2n) is 6.21. The number of hydrogen-bond donors (Lipinski definition) is 2. The highest BCUT2D eigenvalue weighted by atomic mass is 32.1. The van der Waals surface area contributed by atoms with E-state index in [4.69, 9.17) is 9.97 Å². The van der Waals surface area contributed by atoms with Gasteiger partial charge < -0.3 is 20.4 Å². The Morgan fingerprint density at radius 1 is 1.04 bits per heavy atom. The number of piperidine rings is 1. The maximum Gasteiger partial charge on any atom is 0.188 e. The number of thiazole rings is 1. The zero-order chi connectivity index (χ0) is 15.6. The standard InChI is InChI=1S/C16H24N6S/c1-17-12-11-13-14(19-15(12)21-7-3-2-4-8-21)20-16(23-13)22-9-5-18-6-10-22/h11,17-18H,2-10H2,1H3. The molecule has 2 aliphatic rings. The second-order valence-corrected chi connectivity index (χ2v) is 7.22. The van der Waals surface area contributed by atoms with E-state index in [0.29, 0.717) is 0 Å². The summed E-state index contributed by atoms with van der Waals surface area (Å²) < 4.78 is 1.17. The molecule has 2 aromatic rings. The molecule has 2 N–H and O–H groups in total. The first-order chi connectivity index (χ1) is 11.3. The molecular weight excluding hydrogens is 308 g/mol. The Kier molecular flexibility index (Phi) is 4.22. The van der Waals surface area contributed by atoms with Gasteiger partial charge in [0.25, 0.3) is 0 Å². The molecule has 124 valence electrons. The highest BCUT2D eigenvalue weighted by Crippen LogP contribution is 2.35. The van der Waals surface area contributed by atoms with Crippen molar-refractivity contribution in [2.45, 2.75) is 19.3 Å². The molecule has 0 amide bonds. The van der Waals surface area contributed by atoms with Gasteiger partial charge in [-0.15, -0.1) is 0 Å². The molecule has 2 saturated heterocycles. The van der Waals surface area contributed by atoms with Gasteiger partial charge in [-0.1, -0.05) is 11.3 Å². The number of nitrogens with one attached hydrogen (secondary N) is 2. The van der Waals surface area contributed by atoms with Crippen molar-refractivity contribution in [1.29, 1.82) is 0 Å². The predicted octanol–water partition coefficient (Wildman–Crippen LogP) is 2.13. The lowest BCUT2D eigenvalue weighted by atomic mass is 10.1. The Labute approximate surface area is 140 Å². The summed E-state index contributed by atoms with van der Waals surface area (Å²) >= 11 is 1.75. The molecule has 2 aromatic heterocycles. The average molecular weight is 332 g/mol. The zero-order valence-electron chi connectivity index (χ0n) is 13.6. The van der Waals surface area contributed by atoms with Crippen molar-refractivity contribution < 1.29 is 0 Å². The zero-order valence-corrected chi connectivity index (χ0v) is 14.5. The first-order valence-electron chi connectivity index (χ1n) is 8.55. The fourth-order valence-electron chi connectivity index (χ4n) is 3.36. The fourth-order valence-corrected chi connectivity index (χ4v) is 4.36. The molecule has 4 rings (SSSR count). The summed E-state index contributed by atoms with van der Waals surface area (Å²) in [6.45, 7) is 6.31. The molecular formula is C16H24N6S. The van der Waals surface area contributed by atoms with Crippen LogP contribution >= 0.6 is 11.3 Å². The van der Waals surface area contributed by atoms with Gasteiger partial charge in [-0.05, 0) is 25.3 Å². The topological polar surface area (TPSA) is 56.3 Å². The Morgan fingerprint density at radius 3 is 2.57 bits per heavy atom. The summed E-state index contributed by atoms with van der Waals surface area (Å²) in [6.07, 6.45) is 3.84. The minimum absolute atomic E-state index is 0.892. The van der Waals surface area contributed by atoms with Gasteiger partial charge in [0.15, 0.2) is 16.6 Å². The first-order valence-corrected chi connectivity index (χ1v) is 9.37. The van der Waals surface area contributed by atoms with Gasteiger partial charge in [0, 0.05) is 46.3 Å². The van der Waals surface area contributed by atoms with E-state index in [0.717, 1.165) is 61.6 Å². The third-order valence-electron chi connectivity index (χ3n) is 4.66. The average Bonchev–Trinajstić information content (AvgIpc) is 3.05. The lowest BCUT2D eigenvalue weighted by Gasteiger charge is -2.29. The van der Waals surface area contributed by atoms with Crippen LogP contribution in [-0.4, -0.2) is 56.3 Å². The Balaban J connectivity index is 1.69. The summed E-state index contributed by atoms with van der Waals surface area (Å²) in [4.78, 5) is 14.5. The molecule has 2 aliphatic heterocycles. The van der Waals surface area contributed by atoms with Crippen LogP contribution in [0.4, 0.5) is 16.6 Å². The van der Waals surface area contributed by atoms with Crippen LogP contribution in [-0.2, 0) is 0 Å². The van der Waals surface area contributed by atoms with E-state index < -0.39 is 0 Å². The largest absolute Gasteiger partial charge is 0.385 e. The molecule has 23 heavy (non-hydrogen) atoms. The fraction of sp³-hybridized carbons (Fsp3) is 0.625. The van der Waals surface area contributed by atoms with Crippen molar-refractivity contribution in [3.63, 3.8) is 0 Å². The van der Waals surface area contributed by atoms with E-state index in [1.54, 1.807) is 11.3 Å². The maximum absolute atomic E-state index is 4.91. The number of nitrogens with zero attached hydrogens (tertiary/aromatic N) is 4. The lowest BCUT2D eigenvalue weighted by Crippen LogP contribution is -2.43. The lowest BCUT2D eigenvalue weighted by molar-refractivity contribution is 0.574. The molecule has 0 radical (unpaired) electrons. The van der Waals surface area contributed by atoms with E-state index in [1.165, 1.54) is 24.0 Å². The Morgan fingerprint density at radius 2 is 1.83 bits per heavy atom. The molecule has 6 nitrogen and oxygen atoms in total. The number of rotatable bonds is 3. The van der Waals surface area contributed by atoms with Crippen LogP contribution in [0, 0.1) is 0 Å². The number of hydrogen-bond acceptors (Lipinski definition) is 7. The number of anilines is 3. The summed E-state index contributed by atoms with van der Waals surface area (Å²) in [5.41, 5.74) is 2.01. The van der Waals surface area contributed by atoms with E-state index in [-0.39, 0.29) is 0 Å². The number of piperazine rings is 1. The molecule has 0 spiro atoms. The van der Waals surface area contributed by atoms with E-state index in [2.05, 4.69) is 26.5 Å². The molecule has 7 heteroatoms. The monoisotopic (exact) mass is 332 g/mol. The number of pyridine rings is 1. The molecule has 0 unspecified atom stereocenters. The van der Waals surface area contributed by atoms with Crippen molar-refractivity contribution in [3.05, 3.63) is 6.07 Å². The SMILES string of the molecule is CNc1cc2sc(N3CCNCC3)nc2nc1N1CCCCC1. The van der Waals surface area contributed by atoms with Crippen LogP contribution in [0.2, 0.25) is 0 Å². The molecule has 0 bridgehead atoms. The van der Waals surface area contributed by atoms with Crippen LogP contribution in [0.25, 0.3) is 10.3 Å². The van der Waals surface area contributed by atoms with Crippen LogP contribution in [0.15, 0.2) is 6.07 Å². The molecule has 0 aliphatic carbocycles. The Bertz CT molecular complexity index is 673. The van der Waals surface area contributed by atoms with Crippen molar-refractivity contribution in [2.24, 2.45) is 0 Å². The summed E-state index contributed by atoms with van der Waals surface area (Å²) in [7, 11) is 1.98.